The molecule has 404 valence electrons. The maximum Gasteiger partial charge on any atom is 0.305 e. The third kappa shape index (κ3) is 37.8. The molecule has 1 heterocycles. The molecule has 0 spiro atoms. The quantitative estimate of drug-likeness (QED) is 0.0196. The number of nitrogens with one attached hydrogen (secondary N) is 1. The summed E-state index contributed by atoms with van der Waals surface area (Å²) in [5, 5.41) is 54.1. The summed E-state index contributed by atoms with van der Waals surface area (Å²) in [5.74, 6) is -0.261. The Morgan fingerprint density at radius 2 is 0.971 bits per heavy atom. The van der Waals surface area contributed by atoms with E-state index in [4.69, 9.17) is 14.2 Å². The van der Waals surface area contributed by atoms with Crippen LogP contribution in [0.25, 0.3) is 0 Å². The van der Waals surface area contributed by atoms with Gasteiger partial charge in [0.2, 0.25) is 5.91 Å². The number of aliphatic hydroxyl groups excluding tert-OH is 5. The van der Waals surface area contributed by atoms with Crippen molar-refractivity contribution in [1.82, 2.24) is 5.32 Å². The SMILES string of the molecule is CCCCC/C=C/CC/C=C/C(O)C(COC1OC(CO)C(O)C(O)C1O)NC(=O)CCCCCCCCC/C=C\C/C=C\CCCCCOC(=O)CCCCCCC/C=C\C/C=C\CCCCCC. The predicted octanol–water partition coefficient (Wildman–Crippen LogP) is 12.4. The number of aliphatic hydroxyl groups is 5. The fraction of sp³-hybridized carbons (Fsp3) is 0.763. The summed E-state index contributed by atoms with van der Waals surface area (Å²) in [5.41, 5.74) is 0. The highest BCUT2D eigenvalue weighted by atomic mass is 16.7. The molecule has 0 saturated carbocycles. The average molecular weight is 986 g/mol. The Kier molecular flexibility index (Phi) is 45.0. The summed E-state index contributed by atoms with van der Waals surface area (Å²) < 4.78 is 16.6. The molecule has 11 nitrogen and oxygen atoms in total. The highest BCUT2D eigenvalue weighted by Crippen LogP contribution is 2.23. The first-order valence-electron chi connectivity index (χ1n) is 28.2. The minimum Gasteiger partial charge on any atom is -0.466 e. The number of carbonyl (C=O) groups excluding carboxylic acids is 2. The molecule has 0 bridgehead atoms. The van der Waals surface area contributed by atoms with Crippen molar-refractivity contribution >= 4 is 11.9 Å². The van der Waals surface area contributed by atoms with E-state index in [1.165, 1.54) is 89.9 Å². The molecule has 1 saturated heterocycles. The fourth-order valence-corrected chi connectivity index (χ4v) is 8.21. The van der Waals surface area contributed by atoms with Gasteiger partial charge in [-0.1, -0.05) is 170 Å². The van der Waals surface area contributed by atoms with Crippen LogP contribution in [-0.4, -0.2) is 100 Å². The van der Waals surface area contributed by atoms with Gasteiger partial charge in [-0.3, -0.25) is 9.59 Å². The van der Waals surface area contributed by atoms with E-state index in [1.54, 1.807) is 6.08 Å². The molecule has 0 aromatic rings. The molecule has 1 fully saturated rings. The first-order chi connectivity index (χ1) is 34.2. The Morgan fingerprint density at radius 3 is 1.53 bits per heavy atom. The summed E-state index contributed by atoms with van der Waals surface area (Å²) in [6.07, 6.45) is 52.9. The van der Waals surface area contributed by atoms with Crippen LogP contribution in [0.5, 0.6) is 0 Å². The average Bonchev–Trinajstić information content (AvgIpc) is 3.36. The van der Waals surface area contributed by atoms with Gasteiger partial charge in [-0.25, -0.2) is 0 Å². The Balaban J connectivity index is 2.10. The van der Waals surface area contributed by atoms with E-state index in [9.17, 15) is 35.1 Å². The van der Waals surface area contributed by atoms with Crippen molar-refractivity contribution in [2.45, 2.75) is 269 Å². The Labute approximate surface area is 426 Å². The molecule has 11 heteroatoms. The normalized spacial score (nSPS) is 19.8. The van der Waals surface area contributed by atoms with Crippen LogP contribution in [0.3, 0.4) is 0 Å². The minimum atomic E-state index is -1.58. The topological polar surface area (TPSA) is 175 Å². The van der Waals surface area contributed by atoms with Gasteiger partial charge in [0.05, 0.1) is 32.0 Å². The summed E-state index contributed by atoms with van der Waals surface area (Å²) in [4.78, 5) is 25.0. The molecule has 0 aromatic carbocycles. The molecule has 1 aliphatic heterocycles. The molecular formula is C59H103NO10. The van der Waals surface area contributed by atoms with Gasteiger partial charge in [-0.15, -0.1) is 0 Å². The molecule has 7 unspecified atom stereocenters. The number of rotatable bonds is 47. The smallest absolute Gasteiger partial charge is 0.305 e. The highest BCUT2D eigenvalue weighted by molar-refractivity contribution is 5.76. The van der Waals surface area contributed by atoms with E-state index < -0.39 is 49.5 Å². The lowest BCUT2D eigenvalue weighted by Crippen LogP contribution is -2.60. The van der Waals surface area contributed by atoms with Gasteiger partial charge in [0.25, 0.3) is 0 Å². The number of esters is 1. The van der Waals surface area contributed by atoms with Gasteiger partial charge in [0.15, 0.2) is 6.29 Å². The number of hydrogen-bond donors (Lipinski definition) is 6. The third-order valence-electron chi connectivity index (χ3n) is 12.8. The Bertz CT molecular complexity index is 1390. The molecule has 0 radical (unpaired) electrons. The molecular weight excluding hydrogens is 883 g/mol. The van der Waals surface area contributed by atoms with Crippen LogP contribution in [0.4, 0.5) is 0 Å². The maximum atomic E-state index is 13.0. The molecule has 1 aliphatic rings. The van der Waals surface area contributed by atoms with E-state index in [1.807, 2.05) is 6.08 Å². The van der Waals surface area contributed by atoms with Crippen molar-refractivity contribution in [3.05, 3.63) is 72.9 Å². The van der Waals surface area contributed by atoms with Crippen molar-refractivity contribution in [2.75, 3.05) is 19.8 Å². The number of carbonyl (C=O) groups is 2. The zero-order valence-electron chi connectivity index (χ0n) is 44.2. The number of unbranched alkanes of at least 4 members (excludes halogenated alkanes) is 23. The second kappa shape index (κ2) is 48.4. The van der Waals surface area contributed by atoms with Gasteiger partial charge in [-0.05, 0) is 116 Å². The van der Waals surface area contributed by atoms with Crippen molar-refractivity contribution < 1.29 is 49.3 Å². The van der Waals surface area contributed by atoms with Crippen LogP contribution in [0.2, 0.25) is 0 Å². The summed E-state index contributed by atoms with van der Waals surface area (Å²) in [6, 6.07) is -0.840. The number of allylic oxidation sites excluding steroid dienone is 11. The standard InChI is InChI=1S/C59H103NO10/c1-3-5-7-9-11-13-14-15-16-21-24-27-31-35-39-43-47-55(64)68-48-44-40-36-32-28-25-22-19-17-18-20-23-26-30-34-38-42-46-54(63)60-51(52(62)45-41-37-33-29-12-10-8-6-4-2)50-69-59-58(67)57(66)56(65)53(49-61)70-59/h12-14,16-17,19,21,25,28-29,41,45,51-53,56-59,61-62,65-67H,3-11,15,18,20,22-24,26-27,30-40,42-44,46-50H2,1-2H3,(H,60,63)/b14-13-,19-17-,21-16-,28-25-,29-12+,45-41+. The monoisotopic (exact) mass is 986 g/mol. The lowest BCUT2D eigenvalue weighted by atomic mass is 9.99. The summed E-state index contributed by atoms with van der Waals surface area (Å²) in [7, 11) is 0. The van der Waals surface area contributed by atoms with E-state index in [-0.39, 0.29) is 18.5 Å². The van der Waals surface area contributed by atoms with E-state index in [0.29, 0.717) is 19.4 Å². The van der Waals surface area contributed by atoms with E-state index in [2.05, 4.69) is 79.9 Å². The van der Waals surface area contributed by atoms with Gasteiger partial charge < -0.3 is 45.1 Å². The fourth-order valence-electron chi connectivity index (χ4n) is 8.21. The Hall–Kier alpha value is -2.90. The Morgan fingerprint density at radius 1 is 0.529 bits per heavy atom. The first kappa shape index (κ1) is 65.1. The third-order valence-corrected chi connectivity index (χ3v) is 12.8. The zero-order chi connectivity index (χ0) is 51.0. The first-order valence-corrected chi connectivity index (χ1v) is 28.2. The van der Waals surface area contributed by atoms with Crippen molar-refractivity contribution in [1.29, 1.82) is 0 Å². The largest absolute Gasteiger partial charge is 0.466 e. The predicted molar refractivity (Wildman–Crippen MR) is 287 cm³/mol. The molecule has 0 aliphatic carbocycles. The van der Waals surface area contributed by atoms with Crippen LogP contribution >= 0.6 is 0 Å². The second-order valence-corrected chi connectivity index (χ2v) is 19.3. The lowest BCUT2D eigenvalue weighted by molar-refractivity contribution is -0.302. The second-order valence-electron chi connectivity index (χ2n) is 19.3. The van der Waals surface area contributed by atoms with Crippen molar-refractivity contribution in [3.8, 4) is 0 Å². The molecule has 70 heavy (non-hydrogen) atoms. The van der Waals surface area contributed by atoms with E-state index in [0.717, 1.165) is 109 Å². The van der Waals surface area contributed by atoms with Crippen LogP contribution in [-0.2, 0) is 23.8 Å². The van der Waals surface area contributed by atoms with Gasteiger partial charge >= 0.3 is 5.97 Å². The molecule has 0 aromatic heterocycles. The molecule has 7 atom stereocenters. The van der Waals surface area contributed by atoms with Crippen LogP contribution < -0.4 is 5.32 Å². The number of amides is 1. The highest BCUT2D eigenvalue weighted by Gasteiger charge is 2.44. The van der Waals surface area contributed by atoms with Crippen LogP contribution in [0.15, 0.2) is 72.9 Å². The molecule has 6 N–H and O–H groups in total. The summed E-state index contributed by atoms with van der Waals surface area (Å²) >= 11 is 0. The van der Waals surface area contributed by atoms with Gasteiger partial charge in [-0.2, -0.15) is 0 Å². The van der Waals surface area contributed by atoms with Gasteiger partial charge in [0.1, 0.15) is 24.4 Å². The zero-order valence-corrected chi connectivity index (χ0v) is 44.2. The number of ether oxygens (including phenoxy) is 3. The number of hydrogen-bond acceptors (Lipinski definition) is 10. The van der Waals surface area contributed by atoms with E-state index >= 15 is 0 Å². The molecule has 1 rings (SSSR count). The van der Waals surface area contributed by atoms with Crippen LogP contribution in [0.1, 0.15) is 226 Å². The molecule has 1 amide bonds. The summed E-state index contributed by atoms with van der Waals surface area (Å²) in [6.45, 7) is 4.17. The van der Waals surface area contributed by atoms with Crippen molar-refractivity contribution in [2.24, 2.45) is 0 Å². The van der Waals surface area contributed by atoms with Gasteiger partial charge in [0, 0.05) is 12.8 Å². The van der Waals surface area contributed by atoms with Crippen molar-refractivity contribution in [3.63, 3.8) is 0 Å². The minimum absolute atomic E-state index is 0.0480. The lowest BCUT2D eigenvalue weighted by Gasteiger charge is -2.40. The van der Waals surface area contributed by atoms with Crippen LogP contribution in [0, 0.1) is 0 Å². The maximum absolute atomic E-state index is 13.0.